The van der Waals surface area contributed by atoms with Gasteiger partial charge in [0.2, 0.25) is 0 Å². The van der Waals surface area contributed by atoms with E-state index in [0.717, 1.165) is 25.7 Å². The smallest absolute Gasteiger partial charge is 0.0717 e. The van der Waals surface area contributed by atoms with E-state index in [1.165, 1.54) is 44.1 Å². The minimum absolute atomic E-state index is 0.541. The molecule has 1 unspecified atom stereocenters. The van der Waals surface area contributed by atoms with E-state index in [1.807, 2.05) is 0 Å². The van der Waals surface area contributed by atoms with Crippen molar-refractivity contribution in [1.29, 1.82) is 0 Å². The van der Waals surface area contributed by atoms with Gasteiger partial charge < -0.3 is 10.1 Å². The van der Waals surface area contributed by atoms with Gasteiger partial charge in [-0.2, -0.15) is 0 Å². The van der Waals surface area contributed by atoms with E-state index >= 15 is 0 Å². The maximum atomic E-state index is 5.97. The van der Waals surface area contributed by atoms with Crippen LogP contribution in [0, 0.1) is 5.92 Å². The molecule has 112 valence electrons. The van der Waals surface area contributed by atoms with Crippen LogP contribution in [0.3, 0.4) is 0 Å². The molecule has 2 heteroatoms. The summed E-state index contributed by atoms with van der Waals surface area (Å²) < 4.78 is 5.97. The lowest BCUT2D eigenvalue weighted by Crippen LogP contribution is -2.41. The minimum atomic E-state index is 0.541. The van der Waals surface area contributed by atoms with Crippen LogP contribution < -0.4 is 5.32 Å². The summed E-state index contributed by atoms with van der Waals surface area (Å²) in [6.07, 6.45) is 8.15. The van der Waals surface area contributed by atoms with Crippen molar-refractivity contribution in [2.24, 2.45) is 5.92 Å². The summed E-state index contributed by atoms with van der Waals surface area (Å²) in [5.74, 6) is 0.811. The van der Waals surface area contributed by atoms with Gasteiger partial charge in [-0.15, -0.1) is 0 Å². The molecule has 1 N–H and O–H groups in total. The van der Waals surface area contributed by atoms with Gasteiger partial charge in [-0.1, -0.05) is 56.5 Å². The van der Waals surface area contributed by atoms with Crippen molar-refractivity contribution in [1.82, 2.24) is 5.32 Å². The normalized spacial score (nSPS) is 18.1. The fourth-order valence-electron chi connectivity index (χ4n) is 3.11. The molecule has 2 rings (SSSR count). The van der Waals surface area contributed by atoms with Gasteiger partial charge in [0.25, 0.3) is 0 Å². The molecular weight excluding hydrogens is 246 g/mol. The SMILES string of the molecule is CCCNC(COCc1ccccc1)C1CCCCC1. The van der Waals surface area contributed by atoms with Crippen molar-refractivity contribution < 1.29 is 4.74 Å². The maximum Gasteiger partial charge on any atom is 0.0717 e. The Kier molecular flexibility index (Phi) is 7.10. The standard InChI is InChI=1S/C18H29NO/c1-2-13-19-18(17-11-7-4-8-12-17)15-20-14-16-9-5-3-6-10-16/h3,5-6,9-10,17-19H,2,4,7-8,11-15H2,1H3. The molecule has 1 fully saturated rings. The summed E-state index contributed by atoms with van der Waals surface area (Å²) in [5.41, 5.74) is 1.27. The molecule has 1 aromatic rings. The molecule has 2 nitrogen and oxygen atoms in total. The third-order valence-corrected chi connectivity index (χ3v) is 4.28. The molecule has 0 amide bonds. The predicted molar refractivity (Wildman–Crippen MR) is 84.8 cm³/mol. The van der Waals surface area contributed by atoms with Crippen molar-refractivity contribution in [3.05, 3.63) is 35.9 Å². The largest absolute Gasteiger partial charge is 0.375 e. The van der Waals surface area contributed by atoms with Crippen molar-refractivity contribution in [3.8, 4) is 0 Å². The Labute approximate surface area is 123 Å². The monoisotopic (exact) mass is 275 g/mol. The zero-order chi connectivity index (χ0) is 14.0. The molecular formula is C18H29NO. The zero-order valence-electron chi connectivity index (χ0n) is 12.8. The van der Waals surface area contributed by atoms with Crippen molar-refractivity contribution >= 4 is 0 Å². The number of hydrogen-bond donors (Lipinski definition) is 1. The number of ether oxygens (including phenoxy) is 1. The first kappa shape index (κ1) is 15.5. The van der Waals surface area contributed by atoms with E-state index in [-0.39, 0.29) is 0 Å². The first-order valence-corrected chi connectivity index (χ1v) is 8.25. The molecule has 1 atom stereocenters. The van der Waals surface area contributed by atoms with Gasteiger partial charge in [-0.05, 0) is 37.3 Å². The Morgan fingerprint density at radius 2 is 1.90 bits per heavy atom. The second-order valence-electron chi connectivity index (χ2n) is 5.96. The van der Waals surface area contributed by atoms with E-state index < -0.39 is 0 Å². The van der Waals surface area contributed by atoms with E-state index in [0.29, 0.717) is 6.04 Å². The molecule has 20 heavy (non-hydrogen) atoms. The van der Waals surface area contributed by atoms with Crippen LogP contribution >= 0.6 is 0 Å². The van der Waals surface area contributed by atoms with E-state index in [4.69, 9.17) is 4.74 Å². The molecule has 0 saturated heterocycles. The van der Waals surface area contributed by atoms with Crippen LogP contribution in [0.2, 0.25) is 0 Å². The van der Waals surface area contributed by atoms with Gasteiger partial charge in [-0.3, -0.25) is 0 Å². The molecule has 1 saturated carbocycles. The molecule has 0 aromatic heterocycles. The van der Waals surface area contributed by atoms with Crippen molar-refractivity contribution in [3.63, 3.8) is 0 Å². The van der Waals surface area contributed by atoms with Crippen LogP contribution in [0.4, 0.5) is 0 Å². The second kappa shape index (κ2) is 9.15. The van der Waals surface area contributed by atoms with Gasteiger partial charge in [0.1, 0.15) is 0 Å². The lowest BCUT2D eigenvalue weighted by molar-refractivity contribution is 0.0738. The Balaban J connectivity index is 1.77. The lowest BCUT2D eigenvalue weighted by Gasteiger charge is -2.31. The van der Waals surface area contributed by atoms with Gasteiger partial charge in [-0.25, -0.2) is 0 Å². The van der Waals surface area contributed by atoms with Crippen LogP contribution in [-0.4, -0.2) is 19.2 Å². The van der Waals surface area contributed by atoms with Gasteiger partial charge >= 0.3 is 0 Å². The zero-order valence-corrected chi connectivity index (χ0v) is 12.8. The van der Waals surface area contributed by atoms with Crippen LogP contribution in [0.15, 0.2) is 30.3 Å². The topological polar surface area (TPSA) is 21.3 Å². The Bertz CT molecular complexity index is 346. The van der Waals surface area contributed by atoms with Gasteiger partial charge in [0.05, 0.1) is 13.2 Å². The molecule has 1 aromatic carbocycles. The average Bonchev–Trinajstić information content (AvgIpc) is 2.52. The third kappa shape index (κ3) is 5.26. The Morgan fingerprint density at radius 3 is 2.60 bits per heavy atom. The summed E-state index contributed by atoms with van der Waals surface area (Å²) in [5, 5.41) is 3.70. The molecule has 0 bridgehead atoms. The summed E-state index contributed by atoms with van der Waals surface area (Å²) in [7, 11) is 0. The number of nitrogens with one attached hydrogen (secondary N) is 1. The van der Waals surface area contributed by atoms with E-state index in [1.54, 1.807) is 0 Å². The first-order chi connectivity index (χ1) is 9.90. The molecule has 0 spiro atoms. The molecule has 1 aliphatic rings. The predicted octanol–water partition coefficient (Wildman–Crippen LogP) is 4.15. The van der Waals surface area contributed by atoms with E-state index in [2.05, 4.69) is 42.6 Å². The molecule has 1 aliphatic carbocycles. The summed E-state index contributed by atoms with van der Waals surface area (Å²) in [6.45, 7) is 4.92. The van der Waals surface area contributed by atoms with Crippen LogP contribution in [-0.2, 0) is 11.3 Å². The number of benzene rings is 1. The maximum absolute atomic E-state index is 5.97. The highest BCUT2D eigenvalue weighted by atomic mass is 16.5. The fraction of sp³-hybridized carbons (Fsp3) is 0.667. The Morgan fingerprint density at radius 1 is 1.15 bits per heavy atom. The highest BCUT2D eigenvalue weighted by Gasteiger charge is 2.23. The number of rotatable bonds is 8. The summed E-state index contributed by atoms with van der Waals surface area (Å²) in [4.78, 5) is 0. The van der Waals surface area contributed by atoms with Crippen LogP contribution in [0.5, 0.6) is 0 Å². The second-order valence-corrected chi connectivity index (χ2v) is 5.96. The van der Waals surface area contributed by atoms with Gasteiger partial charge in [0, 0.05) is 6.04 Å². The Hall–Kier alpha value is -0.860. The molecule has 0 aliphatic heterocycles. The van der Waals surface area contributed by atoms with Crippen LogP contribution in [0.1, 0.15) is 51.0 Å². The average molecular weight is 275 g/mol. The number of hydrogen-bond acceptors (Lipinski definition) is 2. The first-order valence-electron chi connectivity index (χ1n) is 8.25. The van der Waals surface area contributed by atoms with Crippen molar-refractivity contribution in [2.75, 3.05) is 13.2 Å². The van der Waals surface area contributed by atoms with Crippen LogP contribution in [0.25, 0.3) is 0 Å². The lowest BCUT2D eigenvalue weighted by atomic mass is 9.84. The highest BCUT2D eigenvalue weighted by molar-refractivity contribution is 5.13. The third-order valence-electron chi connectivity index (χ3n) is 4.28. The highest BCUT2D eigenvalue weighted by Crippen LogP contribution is 2.26. The summed E-state index contributed by atoms with van der Waals surface area (Å²) in [6, 6.07) is 11.0. The molecule has 0 radical (unpaired) electrons. The fourth-order valence-corrected chi connectivity index (χ4v) is 3.11. The quantitative estimate of drug-likeness (QED) is 0.769. The molecule has 0 heterocycles. The van der Waals surface area contributed by atoms with Crippen molar-refractivity contribution in [2.45, 2.75) is 58.1 Å². The van der Waals surface area contributed by atoms with E-state index in [9.17, 15) is 0 Å². The summed E-state index contributed by atoms with van der Waals surface area (Å²) >= 11 is 0. The van der Waals surface area contributed by atoms with Gasteiger partial charge in [0.15, 0.2) is 0 Å². The minimum Gasteiger partial charge on any atom is -0.375 e.